The van der Waals surface area contributed by atoms with Crippen LogP contribution < -0.4 is 10.7 Å². The number of carbonyl (C=O) groups is 2. The van der Waals surface area contributed by atoms with E-state index in [0.29, 0.717) is 12.1 Å². The Morgan fingerprint density at radius 1 is 1.19 bits per heavy atom. The number of aromatic hydroxyl groups is 1. The van der Waals surface area contributed by atoms with Crippen molar-refractivity contribution >= 4 is 11.8 Å². The summed E-state index contributed by atoms with van der Waals surface area (Å²) in [5, 5.41) is 12.6. The van der Waals surface area contributed by atoms with Gasteiger partial charge in [0.15, 0.2) is 11.4 Å². The predicted molar refractivity (Wildman–Crippen MR) is 103 cm³/mol. The Kier molecular flexibility index (Phi) is 5.27. The third-order valence-electron chi connectivity index (χ3n) is 5.70. The minimum Gasteiger partial charge on any atom is -0.503 e. The maximum atomic E-state index is 14.2. The number of aromatic nitrogens is 1. The van der Waals surface area contributed by atoms with Crippen molar-refractivity contribution in [2.75, 3.05) is 6.54 Å². The summed E-state index contributed by atoms with van der Waals surface area (Å²) in [6.45, 7) is 0.874. The van der Waals surface area contributed by atoms with Gasteiger partial charge in [-0.1, -0.05) is 0 Å². The number of rotatable bonds is 3. The zero-order valence-corrected chi connectivity index (χ0v) is 16.7. The monoisotopic (exact) mass is 451 g/mol. The third-order valence-corrected chi connectivity index (χ3v) is 5.70. The first-order chi connectivity index (χ1) is 15.1. The molecule has 7 nitrogen and oxygen atoms in total. The van der Waals surface area contributed by atoms with Crippen LogP contribution in [-0.4, -0.2) is 39.0 Å². The number of pyridine rings is 1. The number of amides is 2. The minimum atomic E-state index is -1.22. The molecule has 2 aliphatic heterocycles. The summed E-state index contributed by atoms with van der Waals surface area (Å²) in [5.74, 6) is -6.92. The summed E-state index contributed by atoms with van der Waals surface area (Å²) >= 11 is 0. The van der Waals surface area contributed by atoms with Crippen molar-refractivity contribution in [1.29, 1.82) is 0 Å². The average molecular weight is 451 g/mol. The van der Waals surface area contributed by atoms with Gasteiger partial charge in [-0.15, -0.1) is 0 Å². The Balaban J connectivity index is 1.69. The molecule has 2 unspecified atom stereocenters. The molecule has 2 bridgehead atoms. The first-order valence-electron chi connectivity index (χ1n) is 9.66. The van der Waals surface area contributed by atoms with Crippen molar-refractivity contribution in [3.63, 3.8) is 0 Å². The number of fused-ring (bicyclic) bond motifs is 4. The van der Waals surface area contributed by atoms with Crippen molar-refractivity contribution in [1.82, 2.24) is 14.8 Å². The number of carbonyl (C=O) groups excluding carboxylic acids is 2. The zero-order valence-electron chi connectivity index (χ0n) is 16.7. The molecular weight excluding hydrogens is 434 g/mol. The second-order valence-corrected chi connectivity index (χ2v) is 7.62. The van der Waals surface area contributed by atoms with Crippen molar-refractivity contribution < 1.29 is 32.3 Å². The van der Waals surface area contributed by atoms with E-state index < -0.39 is 76.0 Å². The van der Waals surface area contributed by atoms with E-state index in [-0.39, 0.29) is 18.7 Å². The Morgan fingerprint density at radius 3 is 2.50 bits per heavy atom. The maximum absolute atomic E-state index is 14.2. The van der Waals surface area contributed by atoms with Crippen molar-refractivity contribution in [3.8, 4) is 5.75 Å². The molecule has 0 aliphatic carbocycles. The smallest absolute Gasteiger partial charge is 0.275 e. The highest BCUT2D eigenvalue weighted by Gasteiger charge is 2.39. The van der Waals surface area contributed by atoms with E-state index in [4.69, 9.17) is 0 Å². The highest BCUT2D eigenvalue weighted by atomic mass is 19.1. The van der Waals surface area contributed by atoms with Gasteiger partial charge >= 0.3 is 0 Å². The van der Waals surface area contributed by atoms with E-state index >= 15 is 0 Å². The van der Waals surface area contributed by atoms with Gasteiger partial charge in [0.1, 0.15) is 28.8 Å². The lowest BCUT2D eigenvalue weighted by molar-refractivity contribution is 0.0607. The number of benzene rings is 1. The lowest BCUT2D eigenvalue weighted by atomic mass is 10.1. The normalized spacial score (nSPS) is 19.8. The van der Waals surface area contributed by atoms with E-state index in [1.807, 2.05) is 0 Å². The van der Waals surface area contributed by atoms with E-state index in [1.165, 1.54) is 22.5 Å². The second kappa shape index (κ2) is 7.81. The van der Waals surface area contributed by atoms with Gasteiger partial charge in [0.2, 0.25) is 5.43 Å². The van der Waals surface area contributed by atoms with Gasteiger partial charge in [-0.05, 0) is 19.4 Å². The SMILES string of the molecule is CC1C(F)=CCC2CN1C(=O)c1c(O)c(=O)c(C(=O)NCc3c(F)cc(F)cc3F)cn12. The van der Waals surface area contributed by atoms with E-state index in [0.717, 1.165) is 6.20 Å². The van der Waals surface area contributed by atoms with Gasteiger partial charge in [0.05, 0.1) is 12.1 Å². The molecule has 11 heteroatoms. The van der Waals surface area contributed by atoms with Crippen LogP contribution in [0.5, 0.6) is 5.75 Å². The molecule has 3 heterocycles. The second-order valence-electron chi connectivity index (χ2n) is 7.62. The summed E-state index contributed by atoms with van der Waals surface area (Å²) in [6, 6.07) is -0.537. The van der Waals surface area contributed by atoms with Crippen LogP contribution in [0.2, 0.25) is 0 Å². The topological polar surface area (TPSA) is 91.6 Å². The molecule has 2 N–H and O–H groups in total. The highest BCUT2D eigenvalue weighted by Crippen LogP contribution is 2.34. The summed E-state index contributed by atoms with van der Waals surface area (Å²) in [7, 11) is 0. The molecule has 2 amide bonds. The number of hydrogen-bond donors (Lipinski definition) is 2. The van der Waals surface area contributed by atoms with Crippen LogP contribution >= 0.6 is 0 Å². The number of nitrogens with one attached hydrogen (secondary N) is 1. The summed E-state index contributed by atoms with van der Waals surface area (Å²) in [5.41, 5.74) is -2.72. The van der Waals surface area contributed by atoms with E-state index in [2.05, 4.69) is 5.32 Å². The summed E-state index contributed by atoms with van der Waals surface area (Å²) in [4.78, 5) is 39.2. The van der Waals surface area contributed by atoms with Crippen LogP contribution in [0.3, 0.4) is 0 Å². The molecule has 2 atom stereocenters. The van der Waals surface area contributed by atoms with Crippen LogP contribution in [-0.2, 0) is 6.54 Å². The van der Waals surface area contributed by atoms with E-state index in [9.17, 15) is 37.1 Å². The largest absolute Gasteiger partial charge is 0.503 e. The Labute approximate surface area is 178 Å². The Morgan fingerprint density at radius 2 is 1.84 bits per heavy atom. The molecule has 2 aliphatic rings. The van der Waals surface area contributed by atoms with Gasteiger partial charge in [-0.25, -0.2) is 17.6 Å². The first kappa shape index (κ1) is 21.6. The molecule has 1 aromatic carbocycles. The van der Waals surface area contributed by atoms with Crippen molar-refractivity contribution in [2.24, 2.45) is 0 Å². The number of hydrogen-bond acceptors (Lipinski definition) is 4. The quantitative estimate of drug-likeness (QED) is 0.702. The molecule has 0 radical (unpaired) electrons. The number of nitrogens with zero attached hydrogens (tertiary/aromatic N) is 2. The zero-order chi connectivity index (χ0) is 23.3. The fraction of sp³-hybridized carbons (Fsp3) is 0.286. The predicted octanol–water partition coefficient (Wildman–Crippen LogP) is 2.54. The highest BCUT2D eigenvalue weighted by molar-refractivity contribution is 5.99. The van der Waals surface area contributed by atoms with Crippen molar-refractivity contribution in [2.45, 2.75) is 32.0 Å². The average Bonchev–Trinajstić information content (AvgIpc) is 2.85. The third kappa shape index (κ3) is 3.43. The number of halogens is 4. The molecule has 4 rings (SSSR count). The fourth-order valence-electron chi connectivity index (χ4n) is 3.91. The Hall–Kier alpha value is -3.63. The van der Waals surface area contributed by atoms with Crippen LogP contribution in [0.1, 0.15) is 45.8 Å². The van der Waals surface area contributed by atoms with Gasteiger partial charge < -0.3 is 19.9 Å². The maximum Gasteiger partial charge on any atom is 0.275 e. The molecule has 32 heavy (non-hydrogen) atoms. The van der Waals surface area contributed by atoms with Gasteiger partial charge in [-0.3, -0.25) is 14.4 Å². The molecule has 0 saturated carbocycles. The van der Waals surface area contributed by atoms with Gasteiger partial charge in [0, 0.05) is 37.0 Å². The lowest BCUT2D eigenvalue weighted by Crippen LogP contribution is -2.48. The van der Waals surface area contributed by atoms with Crippen LogP contribution in [0.15, 0.2) is 35.0 Å². The van der Waals surface area contributed by atoms with Crippen molar-refractivity contribution in [3.05, 3.63) is 74.7 Å². The molecule has 0 spiro atoms. The summed E-state index contributed by atoms with van der Waals surface area (Å²) in [6.07, 6.45) is 2.50. The standard InChI is InChI=1S/C21H17F4N3O4/c1-9-14(23)3-2-11-7-27(9)21(32)17-19(30)18(29)13(8-28(11)17)20(31)26-6-12-15(24)4-10(22)5-16(12)25/h3-5,8-9,11,30H,2,6-7H2,1H3,(H,26,31). The van der Waals surface area contributed by atoms with E-state index in [1.54, 1.807) is 0 Å². The number of allylic oxidation sites excluding steroid dienone is 1. The molecular formula is C21H17F4N3O4. The van der Waals surface area contributed by atoms with Gasteiger partial charge in [-0.2, -0.15) is 0 Å². The molecule has 1 aromatic heterocycles. The van der Waals surface area contributed by atoms with Gasteiger partial charge in [0.25, 0.3) is 11.8 Å². The van der Waals surface area contributed by atoms with Crippen LogP contribution in [0.25, 0.3) is 0 Å². The molecule has 168 valence electrons. The minimum absolute atomic E-state index is 0.0896. The lowest BCUT2D eigenvalue weighted by Gasteiger charge is -2.37. The van der Waals surface area contributed by atoms with Crippen LogP contribution in [0, 0.1) is 17.5 Å². The summed E-state index contributed by atoms with van der Waals surface area (Å²) < 4.78 is 56.1. The molecule has 2 aromatic rings. The fourth-order valence-corrected chi connectivity index (χ4v) is 3.91. The Bertz CT molecular complexity index is 1220. The van der Waals surface area contributed by atoms with Crippen LogP contribution in [0.4, 0.5) is 17.6 Å². The molecule has 0 saturated heterocycles. The first-order valence-corrected chi connectivity index (χ1v) is 9.66. The molecule has 0 fully saturated rings.